The van der Waals surface area contributed by atoms with Crippen molar-refractivity contribution in [3.63, 3.8) is 0 Å². The van der Waals surface area contributed by atoms with Crippen LogP contribution in [0.5, 0.6) is 0 Å². The number of amides is 1. The maximum absolute atomic E-state index is 15.0. The predicted molar refractivity (Wildman–Crippen MR) is 281 cm³/mol. The van der Waals surface area contributed by atoms with Crippen LogP contribution in [0.15, 0.2) is 42.4 Å². The molecule has 0 saturated carbocycles. The highest BCUT2D eigenvalue weighted by atomic mass is 19.1. The molecule has 4 aliphatic rings. The van der Waals surface area contributed by atoms with Crippen molar-refractivity contribution in [3.05, 3.63) is 53.6 Å². The standard InChI is InChI=1S/C54H90FN9O12/c1-15-43-54(10,70)47(65)34(6)62(12)27-30(2)24-52(8,69)49(32(4)45(33(5)51(68)75-43)42-25-53(9,72-14)48(66)35(7)74-42)76-44-23-39(22-31(3)73-44)61(11)21-20-37-28-64(59-57-37)41(26-55)46(71-13)36-16-18-38(19-17-36)63-29-40(50(56)67)58-60-63/h16-19,28-35,39,41-49,57,59,65-66,69-70H,15,20-27H2,1-14H3,(H2,56,67)/t30-,31?,32+,33-,34-,35+,39+,41-,42?,43-,44?,45+,46?,47-,48+,49-,52-,53-,54-/m1/s1. The molecule has 19 atom stereocenters. The number of aliphatic hydroxyl groups is 4. The highest BCUT2D eigenvalue weighted by Crippen LogP contribution is 2.45. The average Bonchev–Trinajstić information content (AvgIpc) is 4.07. The summed E-state index contributed by atoms with van der Waals surface area (Å²) in [5.74, 6) is -3.59. The Morgan fingerprint density at radius 2 is 1.71 bits per heavy atom. The number of rotatable bonds is 16. The summed E-state index contributed by atoms with van der Waals surface area (Å²) in [4.78, 5) is 30.4. The van der Waals surface area contributed by atoms with Gasteiger partial charge < -0.3 is 69.8 Å². The fourth-order valence-electron chi connectivity index (χ4n) is 12.5. The number of nitrogens with one attached hydrogen (secondary N) is 2. The Bertz CT molecular complexity index is 2240. The molecule has 0 bridgehead atoms. The molecular formula is C54H90FN9O12. The normalized spacial score (nSPS) is 38.4. The van der Waals surface area contributed by atoms with Gasteiger partial charge in [0.1, 0.15) is 42.7 Å². The molecule has 0 radical (unpaired) electrons. The third-order valence-corrected chi connectivity index (χ3v) is 17.1. The zero-order valence-electron chi connectivity index (χ0n) is 47.3. The average molecular weight is 1080 g/mol. The number of alkyl halides is 1. The molecule has 76 heavy (non-hydrogen) atoms. The minimum atomic E-state index is -1.81. The van der Waals surface area contributed by atoms with Gasteiger partial charge in [-0.2, -0.15) is 0 Å². The molecule has 0 spiro atoms. The first kappa shape index (κ1) is 61.3. The summed E-state index contributed by atoms with van der Waals surface area (Å²) in [6.07, 6.45) is -1.47. The van der Waals surface area contributed by atoms with E-state index in [0.717, 1.165) is 11.3 Å². The van der Waals surface area contributed by atoms with Crippen molar-refractivity contribution in [2.45, 2.75) is 198 Å². The summed E-state index contributed by atoms with van der Waals surface area (Å²) < 4.78 is 54.8. The summed E-state index contributed by atoms with van der Waals surface area (Å²) in [5, 5.41) is 57.4. The lowest BCUT2D eigenvalue weighted by Crippen LogP contribution is -2.61. The minimum absolute atomic E-state index is 0.00273. The van der Waals surface area contributed by atoms with Gasteiger partial charge in [-0.15, -0.1) is 10.6 Å². The van der Waals surface area contributed by atoms with E-state index in [1.54, 1.807) is 51.9 Å². The molecule has 3 saturated heterocycles. The SMILES string of the molecule is CC[C@H]1OC(=O)[C@H](C)[C@@H](C2C[C@@](C)(OC)[C@@H](O)[C@H](C)O2)[C@H](C)[C@@H](OC2C[C@@H](N(C)CCC3=CN([C@H](CF)C(OC)c4ccc(-n5cc(C(N)=O)nn5)cc4)NN3)CC(C)O2)[C@](C)(O)C[C@@H](C)CN(C)[C@H](C)[C@@H](O)[C@]1(C)O. The van der Waals surface area contributed by atoms with Gasteiger partial charge in [-0.05, 0) is 104 Å². The zero-order chi connectivity index (χ0) is 56.2. The van der Waals surface area contributed by atoms with E-state index in [1.165, 1.54) is 24.9 Å². The van der Waals surface area contributed by atoms with Gasteiger partial charge >= 0.3 is 5.97 Å². The molecule has 4 aliphatic heterocycles. The number of hydrazine groups is 2. The summed E-state index contributed by atoms with van der Waals surface area (Å²) in [5.41, 5.74) is 9.54. The fourth-order valence-corrected chi connectivity index (χ4v) is 12.5. The van der Waals surface area contributed by atoms with Crippen molar-refractivity contribution >= 4 is 11.9 Å². The fraction of sp³-hybridized carbons (Fsp3) is 0.778. The lowest BCUT2D eigenvalue weighted by molar-refractivity contribution is -0.275. The smallest absolute Gasteiger partial charge is 0.309 e. The predicted octanol–water partition coefficient (Wildman–Crippen LogP) is 3.54. The van der Waals surface area contributed by atoms with Crippen LogP contribution in [0.4, 0.5) is 4.39 Å². The number of carbonyl (C=O) groups is 2. The Balaban J connectivity index is 1.22. The largest absolute Gasteiger partial charge is 0.459 e. The lowest BCUT2D eigenvalue weighted by Gasteiger charge is -2.51. The van der Waals surface area contributed by atoms with Gasteiger partial charge in [0.05, 0.1) is 53.4 Å². The number of benzene rings is 1. The summed E-state index contributed by atoms with van der Waals surface area (Å²) in [6.45, 7) is 18.6. The Morgan fingerprint density at radius 3 is 2.32 bits per heavy atom. The first-order valence-corrected chi connectivity index (χ1v) is 27.0. The molecule has 6 rings (SSSR count). The van der Waals surface area contributed by atoms with E-state index < -0.39 is 114 Å². The Labute approximate surface area is 448 Å². The molecule has 1 amide bonds. The lowest BCUT2D eigenvalue weighted by atomic mass is 9.68. The van der Waals surface area contributed by atoms with Crippen molar-refractivity contribution in [1.82, 2.24) is 40.8 Å². The van der Waals surface area contributed by atoms with Crippen LogP contribution >= 0.6 is 0 Å². The van der Waals surface area contributed by atoms with Gasteiger partial charge in [-0.3, -0.25) is 14.6 Å². The van der Waals surface area contributed by atoms with Gasteiger partial charge in [0, 0.05) is 76.5 Å². The number of nitrogens with two attached hydrogens (primary N) is 1. The van der Waals surface area contributed by atoms with Crippen LogP contribution in [0.3, 0.4) is 0 Å². The van der Waals surface area contributed by atoms with E-state index in [0.29, 0.717) is 38.0 Å². The Hall–Kier alpha value is -3.91. The second-order valence-corrected chi connectivity index (χ2v) is 23.1. The number of aromatic nitrogens is 3. The van der Waals surface area contributed by atoms with Crippen LogP contribution in [0, 0.1) is 23.7 Å². The second kappa shape index (κ2) is 25.5. The third kappa shape index (κ3) is 13.7. The van der Waals surface area contributed by atoms with Crippen molar-refractivity contribution < 1.29 is 62.8 Å². The highest BCUT2D eigenvalue weighted by molar-refractivity contribution is 5.90. The molecular weight excluding hydrogens is 986 g/mol. The topological polar surface area (TPSA) is 261 Å². The molecule has 21 nitrogen and oxygen atoms in total. The minimum Gasteiger partial charge on any atom is -0.459 e. The number of methoxy groups -OCH3 is 2. The maximum Gasteiger partial charge on any atom is 0.309 e. The van der Waals surface area contributed by atoms with Gasteiger partial charge in [-0.25, -0.2) is 9.07 Å². The summed E-state index contributed by atoms with van der Waals surface area (Å²) >= 11 is 0. The van der Waals surface area contributed by atoms with Crippen LogP contribution in [0.2, 0.25) is 0 Å². The molecule has 4 unspecified atom stereocenters. The number of likely N-dealkylation sites (N-methyl/N-ethyl adjacent to an activating group) is 1. The Kier molecular flexibility index (Phi) is 20.5. The number of carbonyl (C=O) groups excluding carboxylic acids is 2. The summed E-state index contributed by atoms with van der Waals surface area (Å²) in [7, 11) is 6.99. The van der Waals surface area contributed by atoms with Crippen molar-refractivity contribution in [1.29, 1.82) is 0 Å². The van der Waals surface area contributed by atoms with Crippen molar-refractivity contribution in [3.8, 4) is 5.69 Å². The quantitative estimate of drug-likeness (QED) is 0.119. The van der Waals surface area contributed by atoms with Crippen molar-refractivity contribution in [2.75, 3.05) is 48.1 Å². The second-order valence-electron chi connectivity index (χ2n) is 23.1. The first-order valence-electron chi connectivity index (χ1n) is 27.0. The number of aliphatic hydroxyl groups excluding tert-OH is 2. The zero-order valence-corrected chi connectivity index (χ0v) is 47.3. The van der Waals surface area contributed by atoms with Crippen LogP contribution in [0.25, 0.3) is 5.69 Å². The molecule has 1 aromatic carbocycles. The molecule has 0 aliphatic carbocycles. The molecule has 430 valence electrons. The van der Waals surface area contributed by atoms with Gasteiger partial charge in [0.15, 0.2) is 12.0 Å². The highest BCUT2D eigenvalue weighted by Gasteiger charge is 2.54. The van der Waals surface area contributed by atoms with Crippen LogP contribution in [-0.2, 0) is 33.2 Å². The third-order valence-electron chi connectivity index (χ3n) is 17.1. The number of hydrogen-bond acceptors (Lipinski definition) is 19. The van der Waals surface area contributed by atoms with E-state index in [9.17, 15) is 34.4 Å². The van der Waals surface area contributed by atoms with E-state index in [2.05, 4.69) is 33.2 Å². The summed E-state index contributed by atoms with van der Waals surface area (Å²) in [6, 6.07) is 5.88. The first-order chi connectivity index (χ1) is 35.7. The van der Waals surface area contributed by atoms with Crippen LogP contribution in [-0.4, -0.2) is 194 Å². The Morgan fingerprint density at radius 1 is 1.03 bits per heavy atom. The number of cyclic esters (lactones) is 1. The molecule has 2 aromatic rings. The molecule has 22 heteroatoms. The van der Waals surface area contributed by atoms with Crippen LogP contribution < -0.4 is 16.7 Å². The number of esters is 1. The van der Waals surface area contributed by atoms with Gasteiger partial charge in [0.2, 0.25) is 0 Å². The van der Waals surface area contributed by atoms with Crippen LogP contribution in [0.1, 0.15) is 130 Å². The van der Waals surface area contributed by atoms with E-state index in [-0.39, 0.29) is 43.0 Å². The van der Waals surface area contributed by atoms with Gasteiger partial charge in [0.25, 0.3) is 5.91 Å². The number of ether oxygens (including phenoxy) is 6. The van der Waals surface area contributed by atoms with Crippen molar-refractivity contribution in [2.24, 2.45) is 29.4 Å². The number of primary amides is 1. The monoisotopic (exact) mass is 1080 g/mol. The number of halogens is 1. The molecule has 8 N–H and O–H groups in total. The maximum atomic E-state index is 15.0. The van der Waals surface area contributed by atoms with E-state index >= 15 is 0 Å². The number of nitrogens with zero attached hydrogens (tertiary/aromatic N) is 6. The molecule has 1 aromatic heterocycles. The van der Waals surface area contributed by atoms with Gasteiger partial charge in [-0.1, -0.05) is 45.0 Å². The molecule has 3 fully saturated rings. The van der Waals surface area contributed by atoms with E-state index in [1.807, 2.05) is 64.9 Å². The number of hydrogen-bond donors (Lipinski definition) is 7. The van der Waals surface area contributed by atoms with E-state index in [4.69, 9.17) is 34.2 Å². The molecule has 5 heterocycles.